The first-order valence-electron chi connectivity index (χ1n) is 8.42. The Hall–Kier alpha value is -1.34. The van der Waals surface area contributed by atoms with Gasteiger partial charge in [-0.25, -0.2) is 0 Å². The van der Waals surface area contributed by atoms with Crippen LogP contribution in [-0.4, -0.2) is 5.11 Å². The highest BCUT2D eigenvalue weighted by Gasteiger charge is 2.18. The lowest BCUT2D eigenvalue weighted by Crippen LogP contribution is -2.09. The quantitative estimate of drug-likeness (QED) is 0.780. The van der Waals surface area contributed by atoms with Gasteiger partial charge in [-0.15, -0.1) is 0 Å². The Labute approximate surface area is 128 Å². The van der Waals surface area contributed by atoms with E-state index in [0.29, 0.717) is 0 Å². The summed E-state index contributed by atoms with van der Waals surface area (Å²) in [6.45, 7) is 2.12. The van der Waals surface area contributed by atoms with Crippen molar-refractivity contribution in [2.45, 2.75) is 58.0 Å². The summed E-state index contributed by atoms with van der Waals surface area (Å²) in [5, 5.41) is 13.2. The van der Waals surface area contributed by atoms with Gasteiger partial charge in [-0.3, -0.25) is 0 Å². The average molecular weight is 282 g/mol. The van der Waals surface area contributed by atoms with Crippen LogP contribution in [0.1, 0.15) is 62.2 Å². The summed E-state index contributed by atoms with van der Waals surface area (Å²) in [5.41, 5.74) is 2.36. The van der Waals surface area contributed by atoms with E-state index in [4.69, 9.17) is 0 Å². The van der Waals surface area contributed by atoms with Crippen molar-refractivity contribution in [1.82, 2.24) is 0 Å². The van der Waals surface area contributed by atoms with Gasteiger partial charge >= 0.3 is 0 Å². The molecule has 1 unspecified atom stereocenters. The Balaban J connectivity index is 1.77. The van der Waals surface area contributed by atoms with Crippen LogP contribution in [0.3, 0.4) is 0 Å². The molecule has 1 saturated carbocycles. The Morgan fingerprint density at radius 3 is 2.62 bits per heavy atom. The summed E-state index contributed by atoms with van der Waals surface area (Å²) in [5.74, 6) is 0.837. The number of aryl methyl sites for hydroxylation is 1. The maximum atomic E-state index is 10.7. The van der Waals surface area contributed by atoms with Crippen LogP contribution in [0.5, 0.6) is 0 Å². The van der Waals surface area contributed by atoms with Crippen LogP contribution in [0.4, 0.5) is 0 Å². The maximum Gasteiger partial charge on any atom is 0.0798 e. The van der Waals surface area contributed by atoms with E-state index in [1.165, 1.54) is 54.9 Å². The van der Waals surface area contributed by atoms with Crippen molar-refractivity contribution in [3.63, 3.8) is 0 Å². The van der Waals surface area contributed by atoms with Crippen molar-refractivity contribution in [3.8, 4) is 0 Å². The van der Waals surface area contributed by atoms with Gasteiger partial charge in [0.15, 0.2) is 0 Å². The molecule has 1 nitrogen and oxygen atoms in total. The third kappa shape index (κ3) is 3.29. The van der Waals surface area contributed by atoms with Gasteiger partial charge in [0.2, 0.25) is 0 Å². The molecule has 1 fully saturated rings. The molecule has 112 valence electrons. The summed E-state index contributed by atoms with van der Waals surface area (Å²) >= 11 is 0. The molecule has 0 amide bonds. The highest BCUT2D eigenvalue weighted by molar-refractivity contribution is 5.87. The third-order valence-corrected chi connectivity index (χ3v) is 5.10. The molecule has 1 N–H and O–H groups in total. The number of hydrogen-bond acceptors (Lipinski definition) is 1. The van der Waals surface area contributed by atoms with Crippen LogP contribution in [0, 0.1) is 12.8 Å². The molecule has 0 spiro atoms. The van der Waals surface area contributed by atoms with Crippen molar-refractivity contribution < 1.29 is 5.11 Å². The Bertz CT molecular complexity index is 596. The topological polar surface area (TPSA) is 20.2 Å². The second-order valence-electron chi connectivity index (χ2n) is 6.61. The molecule has 2 aromatic carbocycles. The predicted molar refractivity (Wildman–Crippen MR) is 89.5 cm³/mol. The number of hydrogen-bond donors (Lipinski definition) is 1. The Morgan fingerprint density at radius 2 is 1.81 bits per heavy atom. The molecule has 1 aliphatic carbocycles. The summed E-state index contributed by atoms with van der Waals surface area (Å²) in [4.78, 5) is 0. The van der Waals surface area contributed by atoms with E-state index in [1.54, 1.807) is 0 Å². The third-order valence-electron chi connectivity index (χ3n) is 5.10. The van der Waals surface area contributed by atoms with Gasteiger partial charge in [0.1, 0.15) is 0 Å². The summed E-state index contributed by atoms with van der Waals surface area (Å²) in [6.07, 6.45) is 8.65. The zero-order chi connectivity index (χ0) is 14.7. The fourth-order valence-electron chi connectivity index (χ4n) is 3.86. The summed E-state index contributed by atoms with van der Waals surface area (Å²) < 4.78 is 0. The van der Waals surface area contributed by atoms with Gasteiger partial charge in [0, 0.05) is 0 Å². The highest BCUT2D eigenvalue weighted by Crippen LogP contribution is 2.34. The molecular weight excluding hydrogens is 256 g/mol. The fraction of sp³-hybridized carbons (Fsp3) is 0.500. The first-order valence-corrected chi connectivity index (χ1v) is 8.42. The number of fused-ring (bicyclic) bond motifs is 1. The molecule has 0 saturated heterocycles. The number of aliphatic hydroxyl groups excluding tert-OH is 1. The van der Waals surface area contributed by atoms with Crippen molar-refractivity contribution in [2.75, 3.05) is 0 Å². The smallest absolute Gasteiger partial charge is 0.0798 e. The van der Waals surface area contributed by atoms with Crippen molar-refractivity contribution in [2.24, 2.45) is 5.92 Å². The second kappa shape index (κ2) is 6.62. The zero-order valence-corrected chi connectivity index (χ0v) is 13.0. The van der Waals surface area contributed by atoms with Crippen LogP contribution in [0.2, 0.25) is 0 Å². The van der Waals surface area contributed by atoms with Crippen LogP contribution in [-0.2, 0) is 0 Å². The van der Waals surface area contributed by atoms with E-state index < -0.39 is 0 Å². The largest absolute Gasteiger partial charge is 0.388 e. The van der Waals surface area contributed by atoms with Crippen molar-refractivity contribution >= 4 is 10.8 Å². The van der Waals surface area contributed by atoms with E-state index in [1.807, 2.05) is 0 Å². The van der Waals surface area contributed by atoms with Crippen LogP contribution < -0.4 is 0 Å². The van der Waals surface area contributed by atoms with Crippen LogP contribution >= 0.6 is 0 Å². The van der Waals surface area contributed by atoms with E-state index in [2.05, 4.69) is 43.3 Å². The zero-order valence-electron chi connectivity index (χ0n) is 13.0. The lowest BCUT2D eigenvalue weighted by atomic mass is 9.84. The molecular formula is C20H26O. The number of benzene rings is 2. The van der Waals surface area contributed by atoms with E-state index >= 15 is 0 Å². The number of rotatable bonds is 4. The molecule has 0 radical (unpaired) electrons. The molecule has 0 bridgehead atoms. The first kappa shape index (κ1) is 14.6. The van der Waals surface area contributed by atoms with Crippen molar-refractivity contribution in [3.05, 3.63) is 47.5 Å². The SMILES string of the molecule is Cc1ccc2ccccc2c1C(O)CCC1CCCCC1. The van der Waals surface area contributed by atoms with Gasteiger partial charge in [0.05, 0.1) is 6.10 Å². The van der Waals surface area contributed by atoms with Crippen molar-refractivity contribution in [1.29, 1.82) is 0 Å². The summed E-state index contributed by atoms with van der Waals surface area (Å²) in [7, 11) is 0. The molecule has 3 rings (SSSR count). The highest BCUT2D eigenvalue weighted by atomic mass is 16.3. The summed E-state index contributed by atoms with van der Waals surface area (Å²) in [6, 6.07) is 12.7. The standard InChI is InChI=1S/C20H26O/c1-15-11-13-17-9-5-6-10-18(17)20(15)19(21)14-12-16-7-3-2-4-8-16/h5-6,9-11,13,16,19,21H,2-4,7-8,12,14H2,1H3. The van der Waals surface area contributed by atoms with Gasteiger partial charge in [-0.2, -0.15) is 0 Å². The minimum Gasteiger partial charge on any atom is -0.388 e. The van der Waals surface area contributed by atoms with E-state index in [9.17, 15) is 5.11 Å². The minimum absolute atomic E-state index is 0.321. The fourth-order valence-corrected chi connectivity index (χ4v) is 3.86. The van der Waals surface area contributed by atoms with E-state index in [0.717, 1.165) is 17.9 Å². The van der Waals surface area contributed by atoms with Gasteiger partial charge in [0.25, 0.3) is 0 Å². The van der Waals surface area contributed by atoms with E-state index in [-0.39, 0.29) is 6.10 Å². The van der Waals surface area contributed by atoms with Crippen LogP contribution in [0.15, 0.2) is 36.4 Å². The lowest BCUT2D eigenvalue weighted by molar-refractivity contribution is 0.152. The Kier molecular flexibility index (Phi) is 4.60. The van der Waals surface area contributed by atoms with Gasteiger partial charge in [-0.1, -0.05) is 68.5 Å². The monoisotopic (exact) mass is 282 g/mol. The average Bonchev–Trinajstić information content (AvgIpc) is 2.53. The van der Waals surface area contributed by atoms with Gasteiger partial charge < -0.3 is 5.11 Å². The predicted octanol–water partition coefficient (Wildman–Crippen LogP) is 5.54. The minimum atomic E-state index is -0.321. The molecule has 1 aliphatic rings. The molecule has 0 heterocycles. The molecule has 0 aliphatic heterocycles. The molecule has 2 aromatic rings. The Morgan fingerprint density at radius 1 is 1.05 bits per heavy atom. The second-order valence-corrected chi connectivity index (χ2v) is 6.61. The first-order chi connectivity index (χ1) is 10.3. The normalized spacial score (nSPS) is 18.0. The maximum absolute atomic E-state index is 10.7. The van der Waals surface area contributed by atoms with Crippen LogP contribution in [0.25, 0.3) is 10.8 Å². The number of aliphatic hydroxyl groups is 1. The van der Waals surface area contributed by atoms with Gasteiger partial charge in [-0.05, 0) is 47.6 Å². The molecule has 1 heteroatoms. The molecule has 1 atom stereocenters. The lowest BCUT2D eigenvalue weighted by Gasteiger charge is -2.23. The molecule has 21 heavy (non-hydrogen) atoms. The molecule has 0 aromatic heterocycles.